The van der Waals surface area contributed by atoms with Crippen molar-refractivity contribution in [3.63, 3.8) is 0 Å². The van der Waals surface area contributed by atoms with Crippen LogP contribution in [0.4, 0.5) is 16.9 Å². The van der Waals surface area contributed by atoms with E-state index in [0.29, 0.717) is 6.04 Å². The van der Waals surface area contributed by atoms with Crippen LogP contribution in [0.5, 0.6) is 0 Å². The summed E-state index contributed by atoms with van der Waals surface area (Å²) in [6.45, 7) is 5.30. The Labute approximate surface area is 163 Å². The Morgan fingerprint density at radius 2 is 2.00 bits per heavy atom. The van der Waals surface area contributed by atoms with Crippen LogP contribution in [-0.2, 0) is 17.6 Å². The molecule has 5 rings (SSSR count). The number of nitrogens with zero attached hydrogens (tertiary/aromatic N) is 5. The summed E-state index contributed by atoms with van der Waals surface area (Å²) < 4.78 is 5.43. The van der Waals surface area contributed by atoms with Gasteiger partial charge in [-0.2, -0.15) is 4.98 Å². The van der Waals surface area contributed by atoms with Gasteiger partial charge in [0.25, 0.3) is 0 Å². The van der Waals surface area contributed by atoms with Gasteiger partial charge in [-0.05, 0) is 38.2 Å². The molecule has 2 aromatic heterocycles. The Morgan fingerprint density at radius 3 is 2.89 bits per heavy atom. The number of ether oxygens (including phenoxy) is 1. The third kappa shape index (κ3) is 3.73. The number of hydrogen-bond acceptors (Lipinski definition) is 8. The lowest BCUT2D eigenvalue weighted by Crippen LogP contribution is -2.42. The Balaban J connectivity index is 1.25. The first kappa shape index (κ1) is 17.2. The number of morpholine rings is 1. The molecule has 1 N–H and O–H groups in total. The standard InChI is InChI=1S/C19H26N6OS/c1-4-15-16(5-1)27-19(22-15)25-8-2-3-14(13-25)21-17-6-7-20-18(23-17)24-9-11-26-12-10-24/h6-7,14H,1-5,8-13H2,(H,20,21,23). The van der Waals surface area contributed by atoms with Gasteiger partial charge in [0.15, 0.2) is 5.13 Å². The van der Waals surface area contributed by atoms with Crippen LogP contribution in [0, 0.1) is 0 Å². The van der Waals surface area contributed by atoms with Crippen molar-refractivity contribution in [3.05, 3.63) is 22.8 Å². The summed E-state index contributed by atoms with van der Waals surface area (Å²) in [7, 11) is 0. The number of fused-ring (bicyclic) bond motifs is 1. The number of piperidine rings is 1. The lowest BCUT2D eigenvalue weighted by molar-refractivity contribution is 0.122. The van der Waals surface area contributed by atoms with E-state index in [1.807, 2.05) is 23.6 Å². The van der Waals surface area contributed by atoms with Crippen LogP contribution in [0.15, 0.2) is 12.3 Å². The fourth-order valence-electron chi connectivity index (χ4n) is 4.13. The summed E-state index contributed by atoms with van der Waals surface area (Å²) in [5, 5.41) is 4.85. The second-order valence-corrected chi connectivity index (χ2v) is 8.55. The van der Waals surface area contributed by atoms with Crippen molar-refractivity contribution in [1.82, 2.24) is 15.0 Å². The normalized spacial score (nSPS) is 22.7. The Kier molecular flexibility index (Phi) is 4.83. The Hall–Kier alpha value is -1.93. The molecule has 144 valence electrons. The van der Waals surface area contributed by atoms with Crippen molar-refractivity contribution in [2.75, 3.05) is 54.5 Å². The molecule has 0 aromatic carbocycles. The van der Waals surface area contributed by atoms with Gasteiger partial charge in [0.1, 0.15) is 5.82 Å². The van der Waals surface area contributed by atoms with Crippen molar-refractivity contribution in [3.8, 4) is 0 Å². The lowest BCUT2D eigenvalue weighted by atomic mass is 10.1. The predicted molar refractivity (Wildman–Crippen MR) is 108 cm³/mol. The highest BCUT2D eigenvalue weighted by Crippen LogP contribution is 2.34. The fraction of sp³-hybridized carbons (Fsp3) is 0.632. The van der Waals surface area contributed by atoms with Crippen LogP contribution in [0.1, 0.15) is 29.8 Å². The molecule has 8 heteroatoms. The minimum Gasteiger partial charge on any atom is -0.378 e. The zero-order valence-electron chi connectivity index (χ0n) is 15.6. The third-order valence-corrected chi connectivity index (χ3v) is 6.78. The highest BCUT2D eigenvalue weighted by molar-refractivity contribution is 7.15. The zero-order valence-corrected chi connectivity index (χ0v) is 16.4. The van der Waals surface area contributed by atoms with Crippen molar-refractivity contribution < 1.29 is 4.74 Å². The lowest BCUT2D eigenvalue weighted by Gasteiger charge is -2.33. The molecule has 27 heavy (non-hydrogen) atoms. The molecule has 1 aliphatic carbocycles. The van der Waals surface area contributed by atoms with Crippen LogP contribution in [-0.4, -0.2) is 60.4 Å². The third-order valence-electron chi connectivity index (χ3n) is 5.57. The smallest absolute Gasteiger partial charge is 0.227 e. The molecule has 2 aliphatic heterocycles. The van der Waals surface area contributed by atoms with Gasteiger partial charge in [0, 0.05) is 43.3 Å². The van der Waals surface area contributed by atoms with Gasteiger partial charge in [-0.15, -0.1) is 11.3 Å². The van der Waals surface area contributed by atoms with E-state index >= 15 is 0 Å². The molecule has 3 aliphatic rings. The molecular formula is C19H26N6OS. The van der Waals surface area contributed by atoms with E-state index in [9.17, 15) is 0 Å². The number of aryl methyl sites for hydroxylation is 2. The van der Waals surface area contributed by atoms with E-state index in [4.69, 9.17) is 14.7 Å². The quantitative estimate of drug-likeness (QED) is 0.865. The van der Waals surface area contributed by atoms with Crippen LogP contribution in [0.3, 0.4) is 0 Å². The van der Waals surface area contributed by atoms with E-state index < -0.39 is 0 Å². The first-order valence-electron chi connectivity index (χ1n) is 10.0. The van der Waals surface area contributed by atoms with Crippen LogP contribution in [0.25, 0.3) is 0 Å². The minimum absolute atomic E-state index is 0.393. The number of rotatable bonds is 4. The maximum absolute atomic E-state index is 5.43. The molecule has 0 radical (unpaired) electrons. The molecule has 4 heterocycles. The molecule has 0 saturated carbocycles. The maximum Gasteiger partial charge on any atom is 0.227 e. The molecule has 2 saturated heterocycles. The number of nitrogens with one attached hydrogen (secondary N) is 1. The Morgan fingerprint density at radius 1 is 1.07 bits per heavy atom. The monoisotopic (exact) mass is 386 g/mol. The molecule has 2 aromatic rings. The second-order valence-electron chi connectivity index (χ2n) is 7.49. The fourth-order valence-corrected chi connectivity index (χ4v) is 5.32. The average molecular weight is 387 g/mol. The van der Waals surface area contributed by atoms with Gasteiger partial charge in [-0.25, -0.2) is 9.97 Å². The largest absolute Gasteiger partial charge is 0.378 e. The SMILES string of the molecule is c1cc(NC2CCCN(c3nc4c(s3)CCC4)C2)nc(N2CCOCC2)n1. The van der Waals surface area contributed by atoms with E-state index in [1.54, 1.807) is 0 Å². The first-order valence-corrected chi connectivity index (χ1v) is 10.8. The van der Waals surface area contributed by atoms with E-state index in [0.717, 1.165) is 57.6 Å². The summed E-state index contributed by atoms with van der Waals surface area (Å²) in [4.78, 5) is 20.2. The van der Waals surface area contributed by atoms with Crippen molar-refractivity contribution >= 4 is 28.2 Å². The summed E-state index contributed by atoms with van der Waals surface area (Å²) in [5.74, 6) is 1.72. The van der Waals surface area contributed by atoms with Gasteiger partial charge < -0.3 is 19.9 Å². The molecule has 1 atom stereocenters. The average Bonchev–Trinajstić information content (AvgIpc) is 3.31. The first-order chi connectivity index (χ1) is 13.3. The molecular weight excluding hydrogens is 360 g/mol. The highest BCUT2D eigenvalue weighted by Gasteiger charge is 2.25. The number of anilines is 3. The Bertz CT molecular complexity index is 769. The molecule has 1 unspecified atom stereocenters. The number of hydrogen-bond donors (Lipinski definition) is 1. The van der Waals surface area contributed by atoms with Crippen molar-refractivity contribution in [1.29, 1.82) is 0 Å². The van der Waals surface area contributed by atoms with Gasteiger partial charge >= 0.3 is 0 Å². The maximum atomic E-state index is 5.43. The van der Waals surface area contributed by atoms with Crippen LogP contribution in [0.2, 0.25) is 0 Å². The van der Waals surface area contributed by atoms with Crippen molar-refractivity contribution in [2.45, 2.75) is 38.1 Å². The summed E-state index contributed by atoms with van der Waals surface area (Å²) in [6, 6.07) is 2.37. The van der Waals surface area contributed by atoms with E-state index in [-0.39, 0.29) is 0 Å². The van der Waals surface area contributed by atoms with E-state index in [1.165, 1.54) is 41.4 Å². The second kappa shape index (κ2) is 7.59. The molecule has 0 bridgehead atoms. The molecule has 7 nitrogen and oxygen atoms in total. The number of thiazole rings is 1. The minimum atomic E-state index is 0.393. The molecule has 0 spiro atoms. The summed E-state index contributed by atoms with van der Waals surface area (Å²) in [6.07, 6.45) is 7.85. The summed E-state index contributed by atoms with van der Waals surface area (Å²) >= 11 is 1.90. The van der Waals surface area contributed by atoms with Crippen LogP contribution < -0.4 is 15.1 Å². The molecule has 2 fully saturated rings. The summed E-state index contributed by atoms with van der Waals surface area (Å²) in [5.41, 5.74) is 1.34. The predicted octanol–water partition coefficient (Wildman–Crippen LogP) is 2.34. The van der Waals surface area contributed by atoms with Gasteiger partial charge in [-0.1, -0.05) is 0 Å². The topological polar surface area (TPSA) is 66.4 Å². The van der Waals surface area contributed by atoms with Crippen LogP contribution >= 0.6 is 11.3 Å². The highest BCUT2D eigenvalue weighted by atomic mass is 32.1. The van der Waals surface area contributed by atoms with Gasteiger partial charge in [0.2, 0.25) is 5.95 Å². The van der Waals surface area contributed by atoms with Crippen molar-refractivity contribution in [2.24, 2.45) is 0 Å². The molecule has 0 amide bonds. The number of aromatic nitrogens is 3. The zero-order chi connectivity index (χ0) is 18.1. The van der Waals surface area contributed by atoms with Gasteiger partial charge in [-0.3, -0.25) is 0 Å². The van der Waals surface area contributed by atoms with Gasteiger partial charge in [0.05, 0.1) is 18.9 Å². The van der Waals surface area contributed by atoms with E-state index in [2.05, 4.69) is 20.1 Å².